The van der Waals surface area contributed by atoms with Gasteiger partial charge in [-0.2, -0.15) is 0 Å². The zero-order valence-corrected chi connectivity index (χ0v) is 9.42. The number of rotatable bonds is 3. The summed E-state index contributed by atoms with van der Waals surface area (Å²) in [5, 5.41) is 3.19. The van der Waals surface area contributed by atoms with Crippen molar-refractivity contribution in [2.75, 3.05) is 25.1 Å². The zero-order chi connectivity index (χ0) is 11.4. The summed E-state index contributed by atoms with van der Waals surface area (Å²) in [6.07, 6.45) is 3.15. The molecule has 16 heavy (non-hydrogen) atoms. The van der Waals surface area contributed by atoms with Gasteiger partial charge in [0.1, 0.15) is 5.82 Å². The Bertz CT molecular complexity index is 401. The van der Waals surface area contributed by atoms with Crippen molar-refractivity contribution in [3.63, 3.8) is 0 Å². The van der Waals surface area contributed by atoms with E-state index < -0.39 is 0 Å². The Hall–Kier alpha value is -1.35. The summed E-state index contributed by atoms with van der Waals surface area (Å²) in [6, 6.07) is 5.20. The maximum atomic E-state index is 13.3. The molecule has 3 heteroatoms. The highest BCUT2D eigenvalue weighted by atomic mass is 19.1. The normalized spacial score (nSPS) is 15.8. The van der Waals surface area contributed by atoms with Crippen LogP contribution in [0, 0.1) is 12.7 Å². The number of ether oxygens (including phenoxy) is 1. The smallest absolute Gasteiger partial charge is 0.128 e. The molecule has 2 rings (SSSR count). The molecule has 0 spiro atoms. The SMILES string of the molecule is Cc1ccc(NCC2=CCCOC2)cc1F. The first-order valence-electron chi connectivity index (χ1n) is 5.51. The monoisotopic (exact) mass is 221 g/mol. The molecule has 0 saturated carbocycles. The summed E-state index contributed by atoms with van der Waals surface area (Å²) in [7, 11) is 0. The molecule has 0 unspecified atom stereocenters. The van der Waals surface area contributed by atoms with Crippen molar-refractivity contribution in [1.82, 2.24) is 0 Å². The summed E-state index contributed by atoms with van der Waals surface area (Å²) in [4.78, 5) is 0. The molecular formula is C13H16FNO. The third-order valence-corrected chi connectivity index (χ3v) is 2.67. The molecule has 2 nitrogen and oxygen atoms in total. The van der Waals surface area contributed by atoms with Gasteiger partial charge in [0.05, 0.1) is 13.2 Å². The van der Waals surface area contributed by atoms with Crippen LogP contribution in [-0.2, 0) is 4.74 Å². The zero-order valence-electron chi connectivity index (χ0n) is 9.42. The quantitative estimate of drug-likeness (QED) is 0.792. The van der Waals surface area contributed by atoms with Gasteiger partial charge in [-0.1, -0.05) is 12.1 Å². The topological polar surface area (TPSA) is 21.3 Å². The molecule has 1 aliphatic rings. The predicted molar refractivity (Wildman–Crippen MR) is 63.1 cm³/mol. The van der Waals surface area contributed by atoms with E-state index in [4.69, 9.17) is 4.74 Å². The standard InChI is InChI=1S/C13H16FNO/c1-10-4-5-12(7-13(10)14)15-8-11-3-2-6-16-9-11/h3-5,7,15H,2,6,8-9H2,1H3. The van der Waals surface area contributed by atoms with Crippen LogP contribution in [0.2, 0.25) is 0 Å². The molecular weight excluding hydrogens is 205 g/mol. The first kappa shape index (κ1) is 11.1. The van der Waals surface area contributed by atoms with Crippen LogP contribution in [0.1, 0.15) is 12.0 Å². The van der Waals surface area contributed by atoms with Gasteiger partial charge in [-0.05, 0) is 36.6 Å². The van der Waals surface area contributed by atoms with E-state index in [-0.39, 0.29) is 5.82 Å². The molecule has 0 amide bonds. The lowest BCUT2D eigenvalue weighted by atomic mass is 10.2. The van der Waals surface area contributed by atoms with E-state index in [9.17, 15) is 4.39 Å². The van der Waals surface area contributed by atoms with Crippen LogP contribution in [0.3, 0.4) is 0 Å². The van der Waals surface area contributed by atoms with Crippen molar-refractivity contribution in [2.24, 2.45) is 0 Å². The van der Waals surface area contributed by atoms with E-state index in [2.05, 4.69) is 11.4 Å². The van der Waals surface area contributed by atoms with E-state index >= 15 is 0 Å². The first-order chi connectivity index (χ1) is 7.75. The van der Waals surface area contributed by atoms with Crippen LogP contribution in [-0.4, -0.2) is 19.8 Å². The molecule has 0 atom stereocenters. The highest BCUT2D eigenvalue weighted by molar-refractivity contribution is 5.46. The van der Waals surface area contributed by atoms with Gasteiger partial charge in [0, 0.05) is 12.2 Å². The third kappa shape index (κ3) is 2.83. The van der Waals surface area contributed by atoms with E-state index in [0.717, 1.165) is 25.3 Å². The maximum Gasteiger partial charge on any atom is 0.128 e. The lowest BCUT2D eigenvalue weighted by Crippen LogP contribution is -2.14. The number of hydrogen-bond acceptors (Lipinski definition) is 2. The number of nitrogens with one attached hydrogen (secondary N) is 1. The summed E-state index contributed by atoms with van der Waals surface area (Å²) in [5.41, 5.74) is 2.72. The van der Waals surface area contributed by atoms with Gasteiger partial charge in [0.2, 0.25) is 0 Å². The Morgan fingerprint density at radius 2 is 2.31 bits per heavy atom. The molecule has 86 valence electrons. The van der Waals surface area contributed by atoms with Gasteiger partial charge < -0.3 is 10.1 Å². The average Bonchev–Trinajstić information content (AvgIpc) is 2.32. The number of halogens is 1. The van der Waals surface area contributed by atoms with Crippen LogP contribution in [0.25, 0.3) is 0 Å². The Morgan fingerprint density at radius 3 is 3.00 bits per heavy atom. The van der Waals surface area contributed by atoms with Crippen molar-refractivity contribution in [3.8, 4) is 0 Å². The molecule has 0 radical (unpaired) electrons. The van der Waals surface area contributed by atoms with Gasteiger partial charge in [0.15, 0.2) is 0 Å². The Labute approximate surface area is 95.1 Å². The molecule has 0 aliphatic carbocycles. The average molecular weight is 221 g/mol. The molecule has 1 heterocycles. The number of aryl methyl sites for hydroxylation is 1. The molecule has 0 aromatic heterocycles. The summed E-state index contributed by atoms with van der Waals surface area (Å²) in [6.45, 7) is 3.98. The molecule has 1 aliphatic heterocycles. The van der Waals surface area contributed by atoms with Crippen molar-refractivity contribution in [3.05, 3.63) is 41.2 Å². The fourth-order valence-electron chi connectivity index (χ4n) is 1.65. The predicted octanol–water partition coefficient (Wildman–Crippen LogP) is 2.89. The van der Waals surface area contributed by atoms with Crippen LogP contribution >= 0.6 is 0 Å². The second-order valence-electron chi connectivity index (χ2n) is 4.02. The minimum Gasteiger partial charge on any atom is -0.381 e. The third-order valence-electron chi connectivity index (χ3n) is 2.67. The van der Waals surface area contributed by atoms with Gasteiger partial charge in [-0.25, -0.2) is 4.39 Å². The molecule has 1 N–H and O–H groups in total. The fraction of sp³-hybridized carbons (Fsp3) is 0.385. The van der Waals surface area contributed by atoms with E-state index in [1.807, 2.05) is 6.07 Å². The van der Waals surface area contributed by atoms with Gasteiger partial charge in [-0.15, -0.1) is 0 Å². The van der Waals surface area contributed by atoms with Crippen LogP contribution in [0.4, 0.5) is 10.1 Å². The largest absolute Gasteiger partial charge is 0.381 e. The molecule has 0 fully saturated rings. The van der Waals surface area contributed by atoms with E-state index in [0.29, 0.717) is 12.2 Å². The number of hydrogen-bond donors (Lipinski definition) is 1. The number of benzene rings is 1. The second kappa shape index (κ2) is 5.12. The van der Waals surface area contributed by atoms with Gasteiger partial charge in [-0.3, -0.25) is 0 Å². The lowest BCUT2D eigenvalue weighted by Gasteiger charge is -2.15. The first-order valence-corrected chi connectivity index (χ1v) is 5.51. The van der Waals surface area contributed by atoms with Crippen molar-refractivity contribution < 1.29 is 9.13 Å². The van der Waals surface area contributed by atoms with E-state index in [1.165, 1.54) is 11.6 Å². The lowest BCUT2D eigenvalue weighted by molar-refractivity contribution is 0.150. The van der Waals surface area contributed by atoms with Crippen LogP contribution in [0.15, 0.2) is 29.8 Å². The second-order valence-corrected chi connectivity index (χ2v) is 4.02. The molecule has 1 aromatic carbocycles. The van der Waals surface area contributed by atoms with E-state index in [1.54, 1.807) is 13.0 Å². The molecule has 0 saturated heterocycles. The molecule has 1 aromatic rings. The minimum absolute atomic E-state index is 0.168. The summed E-state index contributed by atoms with van der Waals surface area (Å²) >= 11 is 0. The van der Waals surface area contributed by atoms with Gasteiger partial charge >= 0.3 is 0 Å². The maximum absolute atomic E-state index is 13.3. The van der Waals surface area contributed by atoms with Crippen LogP contribution < -0.4 is 5.32 Å². The Morgan fingerprint density at radius 1 is 1.44 bits per heavy atom. The Kier molecular flexibility index (Phi) is 3.57. The highest BCUT2D eigenvalue weighted by Gasteiger charge is 2.04. The minimum atomic E-state index is -0.168. The van der Waals surface area contributed by atoms with Crippen molar-refractivity contribution >= 4 is 5.69 Å². The Balaban J connectivity index is 1.94. The fourth-order valence-corrected chi connectivity index (χ4v) is 1.65. The summed E-state index contributed by atoms with van der Waals surface area (Å²) in [5.74, 6) is -0.168. The van der Waals surface area contributed by atoms with Crippen LogP contribution in [0.5, 0.6) is 0 Å². The number of anilines is 1. The molecule has 0 bridgehead atoms. The summed E-state index contributed by atoms with van der Waals surface area (Å²) < 4.78 is 18.6. The van der Waals surface area contributed by atoms with Crippen molar-refractivity contribution in [1.29, 1.82) is 0 Å². The van der Waals surface area contributed by atoms with Gasteiger partial charge in [0.25, 0.3) is 0 Å². The highest BCUT2D eigenvalue weighted by Crippen LogP contribution is 2.14. The van der Waals surface area contributed by atoms with Crippen molar-refractivity contribution in [2.45, 2.75) is 13.3 Å².